The molecule has 1 spiro atoms. The number of ether oxygens (including phenoxy) is 2. The Labute approximate surface area is 185 Å². The number of nitrogens with zero attached hydrogens (tertiary/aromatic N) is 1. The summed E-state index contributed by atoms with van der Waals surface area (Å²) in [5.74, 6) is -2.47. The van der Waals surface area contributed by atoms with E-state index < -0.39 is 41.1 Å². The first-order chi connectivity index (χ1) is 14.8. The molecule has 0 aliphatic carbocycles. The van der Waals surface area contributed by atoms with Crippen molar-refractivity contribution >= 4 is 17.8 Å². The van der Waals surface area contributed by atoms with Crippen LogP contribution >= 0.6 is 0 Å². The normalized spacial score (nSPS) is 35.7. The average molecular weight is 439 g/mol. The van der Waals surface area contributed by atoms with Crippen molar-refractivity contribution in [1.29, 1.82) is 0 Å². The number of hydrogen-bond donors (Lipinski definition) is 2. The van der Waals surface area contributed by atoms with Crippen molar-refractivity contribution in [3.05, 3.63) is 0 Å². The fourth-order valence-electron chi connectivity index (χ4n) is 6.18. The molecule has 2 bridgehead atoms. The Bertz CT molecular complexity index is 710. The maximum Gasteiger partial charge on any atom is 0.312 e. The first-order valence-corrected chi connectivity index (χ1v) is 11.9. The van der Waals surface area contributed by atoms with Crippen LogP contribution in [-0.4, -0.2) is 70.3 Å². The number of rotatable bonds is 10. The number of likely N-dealkylation sites (tertiary alicyclic amines) is 1. The Morgan fingerprint density at radius 3 is 2.55 bits per heavy atom. The van der Waals surface area contributed by atoms with Gasteiger partial charge in [-0.25, -0.2) is 0 Å². The van der Waals surface area contributed by atoms with Gasteiger partial charge in [0.15, 0.2) is 0 Å². The zero-order valence-corrected chi connectivity index (χ0v) is 19.5. The van der Waals surface area contributed by atoms with Gasteiger partial charge in [-0.15, -0.1) is 0 Å². The number of fused-ring (bicyclic) bond motifs is 1. The van der Waals surface area contributed by atoms with Gasteiger partial charge in [0.05, 0.1) is 30.8 Å². The molecule has 176 valence electrons. The first-order valence-electron chi connectivity index (χ1n) is 11.9. The maximum atomic E-state index is 13.8. The lowest BCUT2D eigenvalue weighted by Gasteiger charge is -2.37. The van der Waals surface area contributed by atoms with Crippen LogP contribution in [0.1, 0.15) is 73.1 Å². The molecule has 0 aromatic heterocycles. The molecule has 7 atom stereocenters. The van der Waals surface area contributed by atoms with Crippen LogP contribution in [0.3, 0.4) is 0 Å². The second-order valence-corrected chi connectivity index (χ2v) is 9.27. The van der Waals surface area contributed by atoms with Crippen molar-refractivity contribution in [3.8, 4) is 0 Å². The zero-order valence-electron chi connectivity index (χ0n) is 19.5. The number of aliphatic hydroxyl groups is 1. The highest BCUT2D eigenvalue weighted by atomic mass is 16.6. The minimum atomic E-state index is -1.07. The summed E-state index contributed by atoms with van der Waals surface area (Å²) in [6.45, 7) is 9.55. The van der Waals surface area contributed by atoms with Crippen LogP contribution in [-0.2, 0) is 23.9 Å². The molecule has 2 amide bonds. The largest absolute Gasteiger partial charge is 0.466 e. The smallest absolute Gasteiger partial charge is 0.312 e. The van der Waals surface area contributed by atoms with Crippen LogP contribution < -0.4 is 5.32 Å². The van der Waals surface area contributed by atoms with Crippen molar-refractivity contribution in [2.75, 3.05) is 13.2 Å². The van der Waals surface area contributed by atoms with E-state index >= 15 is 0 Å². The fourth-order valence-corrected chi connectivity index (χ4v) is 6.18. The van der Waals surface area contributed by atoms with Crippen LogP contribution in [0.25, 0.3) is 0 Å². The fraction of sp³-hybridized carbons (Fsp3) is 0.870. The Balaban J connectivity index is 2.07. The molecule has 3 rings (SSSR count). The first kappa shape index (κ1) is 24.0. The maximum absolute atomic E-state index is 13.8. The zero-order chi connectivity index (χ0) is 23.0. The number of hydrogen-bond acceptors (Lipinski definition) is 6. The SMILES string of the molecule is CCCC(C)NC(=O)C1N([C@@H](CC)CO)C(=O)[C@@H]2[C@@H](C(=O)OCC)[C@@]3(CC)CCC12O3. The van der Waals surface area contributed by atoms with Gasteiger partial charge in [-0.2, -0.15) is 0 Å². The van der Waals surface area contributed by atoms with E-state index in [1.807, 2.05) is 20.8 Å². The standard InChI is InChI=1S/C23H38N2O6/c1-6-10-14(5)24-19(27)18-23-12-11-22(8-3,31-23)17(21(29)30-9-4)16(23)20(28)25(18)15(7-2)13-26/h14-18,26H,6-13H2,1-5H3,(H,24,27)/t14?,15-,16-,17-,18?,22+,23?/m0/s1. The molecular formula is C23H38N2O6. The molecule has 3 fully saturated rings. The average Bonchev–Trinajstić information content (AvgIpc) is 3.33. The number of aliphatic hydroxyl groups excluding tert-OH is 1. The van der Waals surface area contributed by atoms with E-state index in [0.29, 0.717) is 25.7 Å². The summed E-state index contributed by atoms with van der Waals surface area (Å²) in [6, 6.07) is -1.42. The van der Waals surface area contributed by atoms with E-state index in [0.717, 1.165) is 12.8 Å². The number of amides is 2. The predicted molar refractivity (Wildman–Crippen MR) is 114 cm³/mol. The van der Waals surface area contributed by atoms with Crippen LogP contribution in [0, 0.1) is 11.8 Å². The quantitative estimate of drug-likeness (QED) is 0.504. The topological polar surface area (TPSA) is 105 Å². The molecule has 0 aromatic rings. The summed E-state index contributed by atoms with van der Waals surface area (Å²) in [4.78, 5) is 41.9. The summed E-state index contributed by atoms with van der Waals surface area (Å²) in [5, 5.41) is 13.1. The van der Waals surface area contributed by atoms with Gasteiger partial charge in [-0.1, -0.05) is 27.2 Å². The second kappa shape index (κ2) is 9.06. The Hall–Kier alpha value is -1.67. The molecule has 8 nitrogen and oxygen atoms in total. The minimum Gasteiger partial charge on any atom is -0.466 e. The summed E-state index contributed by atoms with van der Waals surface area (Å²) < 4.78 is 12.0. The Morgan fingerprint density at radius 2 is 2.00 bits per heavy atom. The molecule has 0 aromatic carbocycles. The molecular weight excluding hydrogens is 400 g/mol. The third-order valence-electron chi connectivity index (χ3n) is 7.59. The van der Waals surface area contributed by atoms with Crippen LogP contribution in [0.4, 0.5) is 0 Å². The molecule has 3 unspecified atom stereocenters. The van der Waals surface area contributed by atoms with E-state index in [-0.39, 0.29) is 31.1 Å². The lowest BCUT2D eigenvalue weighted by molar-refractivity contribution is -0.162. The minimum absolute atomic E-state index is 0.0429. The van der Waals surface area contributed by atoms with Crippen molar-refractivity contribution < 1.29 is 29.0 Å². The predicted octanol–water partition coefficient (Wildman–Crippen LogP) is 1.78. The molecule has 0 saturated carbocycles. The van der Waals surface area contributed by atoms with Crippen molar-refractivity contribution in [1.82, 2.24) is 10.2 Å². The van der Waals surface area contributed by atoms with Crippen LogP contribution in [0.15, 0.2) is 0 Å². The van der Waals surface area contributed by atoms with E-state index in [9.17, 15) is 19.5 Å². The summed E-state index contributed by atoms with van der Waals surface area (Å²) in [6.07, 6.45) is 3.96. The monoisotopic (exact) mass is 438 g/mol. The van der Waals surface area contributed by atoms with Gasteiger partial charge in [0.2, 0.25) is 11.8 Å². The van der Waals surface area contributed by atoms with Gasteiger partial charge in [-0.05, 0) is 46.0 Å². The molecule has 31 heavy (non-hydrogen) atoms. The Morgan fingerprint density at radius 1 is 1.29 bits per heavy atom. The highest BCUT2D eigenvalue weighted by molar-refractivity contribution is 5.98. The summed E-state index contributed by atoms with van der Waals surface area (Å²) in [7, 11) is 0. The highest BCUT2D eigenvalue weighted by Gasteiger charge is 2.79. The second-order valence-electron chi connectivity index (χ2n) is 9.27. The van der Waals surface area contributed by atoms with Crippen molar-refractivity contribution in [2.24, 2.45) is 11.8 Å². The van der Waals surface area contributed by atoms with Gasteiger partial charge in [-0.3, -0.25) is 14.4 Å². The number of esters is 1. The Kier molecular flexibility index (Phi) is 7.01. The van der Waals surface area contributed by atoms with Gasteiger partial charge in [0.25, 0.3) is 0 Å². The van der Waals surface area contributed by atoms with Crippen molar-refractivity contribution in [2.45, 2.75) is 102 Å². The molecule has 2 N–H and O–H groups in total. The third kappa shape index (κ3) is 3.55. The molecule has 0 radical (unpaired) electrons. The van der Waals surface area contributed by atoms with Crippen LogP contribution in [0.5, 0.6) is 0 Å². The molecule has 8 heteroatoms. The van der Waals surface area contributed by atoms with Gasteiger partial charge >= 0.3 is 5.97 Å². The van der Waals surface area contributed by atoms with E-state index in [1.165, 1.54) is 4.90 Å². The van der Waals surface area contributed by atoms with E-state index in [2.05, 4.69) is 12.2 Å². The lowest BCUT2D eigenvalue weighted by Crippen LogP contribution is -2.59. The third-order valence-corrected chi connectivity index (χ3v) is 7.59. The molecule has 3 aliphatic heterocycles. The number of nitrogens with one attached hydrogen (secondary N) is 1. The van der Waals surface area contributed by atoms with Gasteiger partial charge in [0.1, 0.15) is 17.6 Å². The summed E-state index contributed by atoms with van der Waals surface area (Å²) in [5.41, 5.74) is -1.85. The van der Waals surface area contributed by atoms with Crippen LogP contribution in [0.2, 0.25) is 0 Å². The van der Waals surface area contributed by atoms with Gasteiger partial charge < -0.3 is 24.8 Å². The molecule has 3 heterocycles. The van der Waals surface area contributed by atoms with Gasteiger partial charge in [0, 0.05) is 6.04 Å². The highest BCUT2D eigenvalue weighted by Crippen LogP contribution is 2.64. The van der Waals surface area contributed by atoms with Crippen molar-refractivity contribution in [3.63, 3.8) is 0 Å². The van der Waals surface area contributed by atoms with E-state index in [1.54, 1.807) is 6.92 Å². The summed E-state index contributed by atoms with van der Waals surface area (Å²) >= 11 is 0. The number of carbonyl (C=O) groups is 3. The molecule has 3 aliphatic rings. The molecule has 3 saturated heterocycles. The van der Waals surface area contributed by atoms with E-state index in [4.69, 9.17) is 9.47 Å². The number of carbonyl (C=O) groups excluding carboxylic acids is 3. The lowest BCUT2D eigenvalue weighted by atomic mass is 9.65.